The highest BCUT2D eigenvalue weighted by atomic mass is 32.1. The lowest BCUT2D eigenvalue weighted by molar-refractivity contribution is 0.180. The number of carbonyl (C=O) groups is 1. The van der Waals surface area contributed by atoms with E-state index in [0.29, 0.717) is 19.7 Å². The lowest BCUT2D eigenvalue weighted by Crippen LogP contribution is -2.41. The normalized spacial score (nSPS) is 16.5. The van der Waals surface area contributed by atoms with Gasteiger partial charge < -0.3 is 19.5 Å². The first kappa shape index (κ1) is 22.9. The van der Waals surface area contributed by atoms with Crippen LogP contribution in [0.15, 0.2) is 72.9 Å². The molecular formula is C30H31N3O2S. The minimum absolute atomic E-state index is 0.0471. The van der Waals surface area contributed by atoms with E-state index in [1.165, 1.54) is 33.8 Å². The number of thiophene rings is 1. The van der Waals surface area contributed by atoms with Gasteiger partial charge in [0.05, 0.1) is 24.9 Å². The molecule has 0 saturated carbocycles. The molecule has 2 aliphatic rings. The molecule has 1 N–H and O–H groups in total. The van der Waals surface area contributed by atoms with Crippen molar-refractivity contribution in [2.75, 3.05) is 6.61 Å². The molecule has 184 valence electrons. The van der Waals surface area contributed by atoms with Gasteiger partial charge in [0.1, 0.15) is 10.8 Å². The summed E-state index contributed by atoms with van der Waals surface area (Å²) in [6, 6.07) is 22.3. The number of hydrogen-bond donors (Lipinski definition) is 1. The van der Waals surface area contributed by atoms with E-state index in [1.54, 1.807) is 0 Å². The Labute approximate surface area is 216 Å². The van der Waals surface area contributed by atoms with Crippen LogP contribution in [0.2, 0.25) is 0 Å². The lowest BCUT2D eigenvalue weighted by atomic mass is 9.95. The molecule has 4 aromatic rings. The van der Waals surface area contributed by atoms with E-state index < -0.39 is 0 Å². The van der Waals surface area contributed by atoms with E-state index in [0.717, 1.165) is 35.4 Å². The van der Waals surface area contributed by atoms with Crippen LogP contribution in [-0.4, -0.2) is 22.1 Å². The third kappa shape index (κ3) is 4.20. The number of amides is 2. The average Bonchev–Trinajstić information content (AvgIpc) is 3.51. The van der Waals surface area contributed by atoms with Crippen molar-refractivity contribution in [1.29, 1.82) is 0 Å². The van der Waals surface area contributed by atoms with Gasteiger partial charge in [0.15, 0.2) is 0 Å². The maximum absolute atomic E-state index is 13.9. The molecule has 1 aliphatic heterocycles. The van der Waals surface area contributed by atoms with Gasteiger partial charge in [-0.15, -0.1) is 11.3 Å². The molecule has 3 heterocycles. The van der Waals surface area contributed by atoms with E-state index in [1.807, 2.05) is 65.6 Å². The number of rotatable bonds is 5. The molecule has 1 atom stereocenters. The molecule has 0 saturated heterocycles. The molecule has 36 heavy (non-hydrogen) atoms. The fourth-order valence-electron chi connectivity index (χ4n) is 5.53. The number of nitrogens with one attached hydrogen (secondary N) is 1. The van der Waals surface area contributed by atoms with Gasteiger partial charge in [-0.1, -0.05) is 42.5 Å². The topological polar surface area (TPSA) is 46.5 Å². The Bertz CT molecular complexity index is 1360. The fraction of sp³-hybridized carbons (Fsp3) is 0.300. The van der Waals surface area contributed by atoms with Crippen molar-refractivity contribution < 1.29 is 9.53 Å². The second-order valence-corrected chi connectivity index (χ2v) is 10.6. The summed E-state index contributed by atoms with van der Waals surface area (Å²) in [5.41, 5.74) is 6.07. The predicted octanol–water partition coefficient (Wildman–Crippen LogP) is 6.63. The maximum atomic E-state index is 13.9. The Morgan fingerprint density at radius 1 is 1.00 bits per heavy atom. The number of aromatic nitrogens is 1. The van der Waals surface area contributed by atoms with Gasteiger partial charge in [0.2, 0.25) is 0 Å². The zero-order valence-corrected chi connectivity index (χ0v) is 21.4. The summed E-state index contributed by atoms with van der Waals surface area (Å²) in [4.78, 5) is 17.4. The van der Waals surface area contributed by atoms with E-state index in [9.17, 15) is 4.79 Å². The van der Waals surface area contributed by atoms with E-state index in [-0.39, 0.29) is 12.1 Å². The Morgan fingerprint density at radius 2 is 1.81 bits per heavy atom. The van der Waals surface area contributed by atoms with Gasteiger partial charge in [-0.05, 0) is 73.6 Å². The molecule has 0 radical (unpaired) electrons. The van der Waals surface area contributed by atoms with Crippen LogP contribution in [0.4, 0.5) is 4.79 Å². The van der Waals surface area contributed by atoms with Crippen LogP contribution in [0.25, 0.3) is 5.00 Å². The minimum atomic E-state index is -0.203. The zero-order chi connectivity index (χ0) is 24.5. The van der Waals surface area contributed by atoms with Crippen molar-refractivity contribution in [2.24, 2.45) is 0 Å². The predicted molar refractivity (Wildman–Crippen MR) is 144 cm³/mol. The molecule has 2 amide bonds. The first-order valence-electron chi connectivity index (χ1n) is 12.8. The first-order chi connectivity index (χ1) is 17.7. The summed E-state index contributed by atoms with van der Waals surface area (Å²) in [5.74, 6) is 0.846. The number of hydrogen-bond acceptors (Lipinski definition) is 3. The van der Waals surface area contributed by atoms with Crippen molar-refractivity contribution in [3.05, 3.63) is 106 Å². The van der Waals surface area contributed by atoms with Crippen molar-refractivity contribution >= 4 is 17.4 Å². The number of carbonyl (C=O) groups excluding carboxylic acids is 1. The largest absolute Gasteiger partial charge is 0.494 e. The molecule has 1 unspecified atom stereocenters. The first-order valence-corrected chi connectivity index (χ1v) is 13.7. The summed E-state index contributed by atoms with van der Waals surface area (Å²) < 4.78 is 8.02. The van der Waals surface area contributed by atoms with Gasteiger partial charge in [-0.3, -0.25) is 0 Å². The van der Waals surface area contributed by atoms with Crippen LogP contribution < -0.4 is 10.1 Å². The van der Waals surface area contributed by atoms with Crippen LogP contribution in [0.5, 0.6) is 5.75 Å². The van der Waals surface area contributed by atoms with E-state index >= 15 is 0 Å². The van der Waals surface area contributed by atoms with Gasteiger partial charge in [0.25, 0.3) is 0 Å². The molecule has 1 aliphatic carbocycles. The smallest absolute Gasteiger partial charge is 0.318 e. The zero-order valence-electron chi connectivity index (χ0n) is 20.6. The highest BCUT2D eigenvalue weighted by molar-refractivity contribution is 7.15. The van der Waals surface area contributed by atoms with Crippen molar-refractivity contribution in [1.82, 2.24) is 14.8 Å². The van der Waals surface area contributed by atoms with Crippen molar-refractivity contribution in [3.8, 4) is 10.8 Å². The van der Waals surface area contributed by atoms with Gasteiger partial charge in [-0.25, -0.2) is 4.79 Å². The van der Waals surface area contributed by atoms with Crippen LogP contribution in [-0.2, 0) is 25.9 Å². The highest BCUT2D eigenvalue weighted by Crippen LogP contribution is 2.44. The third-order valence-electron chi connectivity index (χ3n) is 7.23. The minimum Gasteiger partial charge on any atom is -0.494 e. The summed E-state index contributed by atoms with van der Waals surface area (Å²) in [6.07, 6.45) is 6.87. The lowest BCUT2D eigenvalue weighted by Gasteiger charge is -2.31. The Kier molecular flexibility index (Phi) is 6.28. The van der Waals surface area contributed by atoms with E-state index in [2.05, 4.69) is 40.3 Å². The molecule has 6 rings (SSSR count). The molecule has 5 nitrogen and oxygen atoms in total. The summed E-state index contributed by atoms with van der Waals surface area (Å²) in [6.45, 7) is 3.72. The summed E-state index contributed by atoms with van der Waals surface area (Å²) in [5, 5.41) is 4.48. The Balaban J connectivity index is 1.42. The molecule has 0 bridgehead atoms. The number of urea groups is 1. The Hall–Kier alpha value is -3.51. The quantitative estimate of drug-likeness (QED) is 0.336. The van der Waals surface area contributed by atoms with Crippen LogP contribution in [0.1, 0.15) is 58.6 Å². The monoisotopic (exact) mass is 497 g/mol. The second-order valence-electron chi connectivity index (χ2n) is 9.47. The maximum Gasteiger partial charge on any atom is 0.318 e. The number of aryl methyl sites for hydroxylation is 1. The van der Waals surface area contributed by atoms with Crippen molar-refractivity contribution in [3.63, 3.8) is 0 Å². The number of ether oxygens (including phenoxy) is 1. The van der Waals surface area contributed by atoms with Crippen LogP contribution >= 0.6 is 11.3 Å². The summed E-state index contributed by atoms with van der Waals surface area (Å²) >= 11 is 1.91. The third-order valence-corrected chi connectivity index (χ3v) is 8.57. The van der Waals surface area contributed by atoms with Crippen LogP contribution in [0.3, 0.4) is 0 Å². The van der Waals surface area contributed by atoms with Crippen molar-refractivity contribution in [2.45, 2.75) is 51.7 Å². The molecular weight excluding hydrogens is 466 g/mol. The molecule has 0 fully saturated rings. The number of benzene rings is 2. The second kappa shape index (κ2) is 9.86. The molecule has 2 aromatic heterocycles. The van der Waals surface area contributed by atoms with E-state index in [4.69, 9.17) is 4.74 Å². The van der Waals surface area contributed by atoms with Gasteiger partial charge >= 0.3 is 6.03 Å². The molecule has 6 heteroatoms. The standard InChI is InChI=1S/C30H31N3O2S/c1-2-35-23-16-14-22(15-17-23)28-26-12-8-18-32(26)29-25(24-11-6-7-13-27(24)36-29)20-33(28)30(34)31-19-21-9-4-3-5-10-21/h3-5,8-10,12,14-18,28H,2,6-7,11,13,19-20H2,1H3,(H,31,34). The van der Waals surface area contributed by atoms with Gasteiger partial charge in [0, 0.05) is 23.2 Å². The molecule has 0 spiro atoms. The molecule has 2 aromatic carbocycles. The van der Waals surface area contributed by atoms with Crippen LogP contribution in [0, 0.1) is 0 Å². The average molecular weight is 498 g/mol. The number of fused-ring (bicyclic) bond motifs is 5. The number of nitrogens with zero attached hydrogens (tertiary/aromatic N) is 2. The highest BCUT2D eigenvalue weighted by Gasteiger charge is 2.36. The Morgan fingerprint density at radius 3 is 2.61 bits per heavy atom. The SMILES string of the molecule is CCOc1ccc(C2c3cccn3-c3sc4c(c3CN2C(=O)NCc2ccccc2)CCCC4)cc1. The summed E-state index contributed by atoms with van der Waals surface area (Å²) in [7, 11) is 0. The fourth-order valence-corrected chi connectivity index (χ4v) is 6.93. The van der Waals surface area contributed by atoms with Gasteiger partial charge in [-0.2, -0.15) is 0 Å².